The number of aryl methyl sites for hydroxylation is 1. The molecule has 50 heavy (non-hydrogen) atoms. The molecule has 0 fully saturated rings. The van der Waals surface area contributed by atoms with Crippen LogP contribution >= 0.6 is 23.2 Å². The summed E-state index contributed by atoms with van der Waals surface area (Å²) >= 11 is 14.2. The SMILES string of the molecule is COc1nc(-c2cccc(-c3cccc(-c4ccc(CNC(C)(C)CCC(C)=O)c(OC)n4)c3Cl)c2Cl)ccc1CCC(C)(C)CNC(C)=O. The molecule has 4 rings (SSSR count). The number of hydrogen-bond donors (Lipinski definition) is 2. The van der Waals surface area contributed by atoms with E-state index in [-0.39, 0.29) is 22.6 Å². The average Bonchev–Trinajstić information content (AvgIpc) is 3.08. The number of nitrogens with zero attached hydrogens (tertiary/aromatic N) is 2. The Kier molecular flexibility index (Phi) is 13.1. The molecule has 0 aliphatic rings. The van der Waals surface area contributed by atoms with E-state index >= 15 is 0 Å². The third-order valence-electron chi connectivity index (χ3n) is 8.85. The highest BCUT2D eigenvalue weighted by molar-refractivity contribution is 6.39. The molecule has 0 aliphatic carbocycles. The van der Waals surface area contributed by atoms with Crippen molar-refractivity contribution >= 4 is 34.9 Å². The minimum Gasteiger partial charge on any atom is -0.481 e. The van der Waals surface area contributed by atoms with Gasteiger partial charge >= 0.3 is 0 Å². The van der Waals surface area contributed by atoms with Crippen LogP contribution in [0.5, 0.6) is 11.8 Å². The van der Waals surface area contributed by atoms with Gasteiger partial charge in [0.15, 0.2) is 0 Å². The number of Topliss-reactive ketones (excluding diaryl/α,β-unsaturated/α-hetero) is 1. The highest BCUT2D eigenvalue weighted by Crippen LogP contribution is 2.42. The zero-order valence-corrected chi connectivity index (χ0v) is 31.8. The molecule has 0 radical (unpaired) electrons. The molecule has 0 unspecified atom stereocenters. The topological polar surface area (TPSA) is 102 Å². The van der Waals surface area contributed by atoms with Crippen LogP contribution in [-0.4, -0.2) is 48.0 Å². The largest absolute Gasteiger partial charge is 0.481 e. The van der Waals surface area contributed by atoms with Gasteiger partial charge in [0.1, 0.15) is 5.78 Å². The molecule has 1 amide bonds. The van der Waals surface area contributed by atoms with Crippen LogP contribution < -0.4 is 20.1 Å². The zero-order chi connectivity index (χ0) is 36.6. The maximum atomic E-state index is 11.5. The van der Waals surface area contributed by atoms with E-state index in [2.05, 4.69) is 38.3 Å². The number of methoxy groups -OCH3 is 2. The normalized spacial score (nSPS) is 11.7. The molecule has 2 aromatic heterocycles. The van der Waals surface area contributed by atoms with Crippen LogP contribution in [0.3, 0.4) is 0 Å². The van der Waals surface area contributed by atoms with E-state index in [4.69, 9.17) is 42.6 Å². The Bertz CT molecular complexity index is 1710. The zero-order valence-electron chi connectivity index (χ0n) is 30.3. The number of rotatable bonds is 16. The van der Waals surface area contributed by atoms with E-state index in [9.17, 15) is 9.59 Å². The molecule has 2 N–H and O–H groups in total. The number of carbonyl (C=O) groups excluding carboxylic acids is 2. The smallest absolute Gasteiger partial charge is 0.218 e. The minimum absolute atomic E-state index is 0.0352. The van der Waals surface area contributed by atoms with Crippen LogP contribution in [0.1, 0.15) is 71.9 Å². The summed E-state index contributed by atoms with van der Waals surface area (Å²) in [5, 5.41) is 7.47. The van der Waals surface area contributed by atoms with Crippen molar-refractivity contribution in [3.63, 3.8) is 0 Å². The van der Waals surface area contributed by atoms with Gasteiger partial charge in [0.2, 0.25) is 17.7 Å². The van der Waals surface area contributed by atoms with Gasteiger partial charge in [-0.1, -0.05) is 85.6 Å². The van der Waals surface area contributed by atoms with E-state index in [0.29, 0.717) is 52.7 Å². The standard InChI is InChI=1S/C40H48Cl2N4O4/c1-25(47)19-22-40(5,6)44-23-28-16-18-34(46-38(28)50-8)32-14-10-12-30(36(32)42)29-11-9-13-31(35(29)41)33-17-15-27(37(45-33)49-7)20-21-39(3,4)24-43-26(2)48/h9-18,44H,19-24H2,1-8H3,(H,43,48). The van der Waals surface area contributed by atoms with E-state index < -0.39 is 0 Å². The molecule has 10 heteroatoms. The van der Waals surface area contributed by atoms with Crippen LogP contribution in [0.2, 0.25) is 10.0 Å². The number of hydrogen-bond acceptors (Lipinski definition) is 7. The van der Waals surface area contributed by atoms with Crippen molar-refractivity contribution in [2.45, 2.75) is 79.3 Å². The van der Waals surface area contributed by atoms with Crippen molar-refractivity contribution in [3.8, 4) is 45.4 Å². The third-order valence-corrected chi connectivity index (χ3v) is 9.67. The number of nitrogens with one attached hydrogen (secondary N) is 2. The highest BCUT2D eigenvalue weighted by Gasteiger charge is 2.22. The van der Waals surface area contributed by atoms with Crippen molar-refractivity contribution < 1.29 is 19.1 Å². The first kappa shape index (κ1) is 38.8. The number of ether oxygens (including phenoxy) is 2. The second kappa shape index (κ2) is 16.8. The van der Waals surface area contributed by atoms with Crippen LogP contribution in [0, 0.1) is 5.41 Å². The molecular weight excluding hydrogens is 671 g/mol. The number of halogens is 2. The average molecular weight is 720 g/mol. The molecule has 0 atom stereocenters. The summed E-state index contributed by atoms with van der Waals surface area (Å²) in [5.74, 6) is 1.18. The molecule has 0 aliphatic heterocycles. The molecule has 0 spiro atoms. The predicted molar refractivity (Wildman–Crippen MR) is 203 cm³/mol. The summed E-state index contributed by atoms with van der Waals surface area (Å²) in [6, 6.07) is 19.5. The Morgan fingerprint density at radius 2 is 1.22 bits per heavy atom. The molecule has 0 bridgehead atoms. The lowest BCUT2D eigenvalue weighted by Gasteiger charge is -2.26. The number of aromatic nitrogens is 2. The van der Waals surface area contributed by atoms with Gasteiger partial charge in [-0.15, -0.1) is 0 Å². The second-order valence-corrected chi connectivity index (χ2v) is 14.8. The summed E-state index contributed by atoms with van der Waals surface area (Å²) in [4.78, 5) is 32.6. The number of carbonyl (C=O) groups is 2. The first-order chi connectivity index (χ1) is 23.6. The number of ketones is 1. The fourth-order valence-corrected chi connectivity index (χ4v) is 6.28. The molecule has 8 nitrogen and oxygen atoms in total. The van der Waals surface area contributed by atoms with Crippen LogP contribution in [0.4, 0.5) is 0 Å². The van der Waals surface area contributed by atoms with Crippen molar-refractivity contribution in [2.75, 3.05) is 20.8 Å². The Balaban J connectivity index is 1.60. The lowest BCUT2D eigenvalue weighted by Crippen LogP contribution is -2.39. The number of amides is 1. The lowest BCUT2D eigenvalue weighted by molar-refractivity contribution is -0.119. The van der Waals surface area contributed by atoms with Gasteiger partial charge in [-0.2, -0.15) is 0 Å². The van der Waals surface area contributed by atoms with E-state index in [0.717, 1.165) is 52.6 Å². The van der Waals surface area contributed by atoms with Crippen molar-refractivity contribution in [1.29, 1.82) is 0 Å². The second-order valence-electron chi connectivity index (χ2n) is 14.1. The summed E-state index contributed by atoms with van der Waals surface area (Å²) in [6.07, 6.45) is 2.84. The summed E-state index contributed by atoms with van der Waals surface area (Å²) in [5.41, 5.74) is 5.95. The Morgan fingerprint density at radius 1 is 0.720 bits per heavy atom. The molecule has 0 saturated heterocycles. The fraction of sp³-hybridized carbons (Fsp3) is 0.400. The molecule has 4 aromatic rings. The van der Waals surface area contributed by atoms with Gasteiger partial charge in [0.25, 0.3) is 0 Å². The van der Waals surface area contributed by atoms with Crippen molar-refractivity contribution in [2.24, 2.45) is 5.41 Å². The molecule has 0 saturated carbocycles. The van der Waals surface area contributed by atoms with Crippen LogP contribution in [0.25, 0.3) is 33.6 Å². The monoisotopic (exact) mass is 718 g/mol. The van der Waals surface area contributed by atoms with Crippen LogP contribution in [-0.2, 0) is 22.6 Å². The van der Waals surface area contributed by atoms with Gasteiger partial charge in [0, 0.05) is 65.4 Å². The predicted octanol–water partition coefficient (Wildman–Crippen LogP) is 9.13. The Hall–Kier alpha value is -3.98. The first-order valence-corrected chi connectivity index (χ1v) is 17.5. The Labute approximate surface area is 306 Å². The molecule has 2 aromatic carbocycles. The number of pyridine rings is 2. The summed E-state index contributed by atoms with van der Waals surface area (Å²) in [7, 11) is 3.22. The van der Waals surface area contributed by atoms with Crippen molar-refractivity contribution in [3.05, 3.63) is 81.8 Å². The van der Waals surface area contributed by atoms with E-state index in [1.807, 2.05) is 60.7 Å². The first-order valence-electron chi connectivity index (χ1n) is 16.8. The van der Waals surface area contributed by atoms with Gasteiger partial charge in [-0.3, -0.25) is 4.79 Å². The summed E-state index contributed by atoms with van der Waals surface area (Å²) in [6.45, 7) is 12.7. The molecular formula is C40H48Cl2N4O4. The van der Waals surface area contributed by atoms with Gasteiger partial charge in [-0.25, -0.2) is 9.97 Å². The number of benzene rings is 2. The van der Waals surface area contributed by atoms with Crippen LogP contribution in [0.15, 0.2) is 60.7 Å². The fourth-order valence-electron chi connectivity index (χ4n) is 5.63. The highest BCUT2D eigenvalue weighted by atomic mass is 35.5. The van der Waals surface area contributed by atoms with Gasteiger partial charge in [-0.05, 0) is 57.6 Å². The molecule has 2 heterocycles. The van der Waals surface area contributed by atoms with E-state index in [1.165, 1.54) is 6.92 Å². The summed E-state index contributed by atoms with van der Waals surface area (Å²) < 4.78 is 11.4. The lowest BCUT2D eigenvalue weighted by atomic mass is 9.86. The quantitative estimate of drug-likeness (QED) is 0.119. The molecule has 266 valence electrons. The van der Waals surface area contributed by atoms with Gasteiger partial charge in [0.05, 0.1) is 35.7 Å². The van der Waals surface area contributed by atoms with Crippen molar-refractivity contribution in [1.82, 2.24) is 20.6 Å². The van der Waals surface area contributed by atoms with Gasteiger partial charge < -0.3 is 24.9 Å². The Morgan fingerprint density at radius 3 is 1.72 bits per heavy atom. The van der Waals surface area contributed by atoms with E-state index in [1.54, 1.807) is 21.1 Å². The third kappa shape index (κ3) is 10.1. The maximum Gasteiger partial charge on any atom is 0.218 e. The minimum atomic E-state index is -0.226. The maximum absolute atomic E-state index is 11.5.